The van der Waals surface area contributed by atoms with E-state index in [-0.39, 0.29) is 24.5 Å². The Hall–Kier alpha value is -0.910. The lowest BCUT2D eigenvalue weighted by atomic mass is 10.1. The highest BCUT2D eigenvalue weighted by molar-refractivity contribution is 7.98. The van der Waals surface area contributed by atoms with E-state index in [4.69, 9.17) is 5.11 Å². The molecule has 1 fully saturated rings. The fourth-order valence-electron chi connectivity index (χ4n) is 2.10. The van der Waals surface area contributed by atoms with E-state index in [1.807, 2.05) is 13.2 Å². The molecule has 1 aliphatic rings. The lowest BCUT2D eigenvalue weighted by molar-refractivity contribution is -0.137. The Kier molecular flexibility index (Phi) is 5.61. The lowest BCUT2D eigenvalue weighted by Crippen LogP contribution is -2.47. The van der Waals surface area contributed by atoms with Crippen molar-refractivity contribution in [2.45, 2.75) is 38.3 Å². The topological polar surface area (TPSA) is 69.6 Å². The van der Waals surface area contributed by atoms with Crippen molar-refractivity contribution in [2.75, 3.05) is 18.6 Å². The van der Waals surface area contributed by atoms with Crippen molar-refractivity contribution in [3.8, 4) is 0 Å². The SMILES string of the molecule is CSCC(C)NC(=O)N1CCCC1CC(=O)O. The van der Waals surface area contributed by atoms with Crippen molar-refractivity contribution in [3.05, 3.63) is 0 Å². The third kappa shape index (κ3) is 4.46. The van der Waals surface area contributed by atoms with Crippen LogP contribution >= 0.6 is 11.8 Å². The molecule has 0 aliphatic carbocycles. The Bertz CT molecular complexity index is 286. The van der Waals surface area contributed by atoms with Crippen LogP contribution in [0, 0.1) is 0 Å². The van der Waals surface area contributed by atoms with Crippen molar-refractivity contribution < 1.29 is 14.7 Å². The maximum atomic E-state index is 11.9. The van der Waals surface area contributed by atoms with Gasteiger partial charge in [0.1, 0.15) is 0 Å². The molecular formula is C11H20N2O3S. The van der Waals surface area contributed by atoms with Crippen LogP contribution in [0.1, 0.15) is 26.2 Å². The Morgan fingerprint density at radius 2 is 2.29 bits per heavy atom. The van der Waals surface area contributed by atoms with E-state index < -0.39 is 5.97 Å². The normalized spacial score (nSPS) is 21.3. The van der Waals surface area contributed by atoms with Gasteiger partial charge in [0.05, 0.1) is 6.42 Å². The molecule has 0 bridgehead atoms. The number of nitrogens with zero attached hydrogens (tertiary/aromatic N) is 1. The van der Waals surface area contributed by atoms with Gasteiger partial charge >= 0.3 is 12.0 Å². The van der Waals surface area contributed by atoms with Crippen LogP contribution in [0.25, 0.3) is 0 Å². The van der Waals surface area contributed by atoms with Gasteiger partial charge in [0.15, 0.2) is 0 Å². The third-order valence-electron chi connectivity index (χ3n) is 2.83. The minimum atomic E-state index is -0.841. The summed E-state index contributed by atoms with van der Waals surface area (Å²) < 4.78 is 0. The van der Waals surface area contributed by atoms with Crippen molar-refractivity contribution in [1.82, 2.24) is 10.2 Å². The summed E-state index contributed by atoms with van der Waals surface area (Å²) in [5, 5.41) is 11.7. The summed E-state index contributed by atoms with van der Waals surface area (Å²) in [5.74, 6) is 0.0234. The highest BCUT2D eigenvalue weighted by atomic mass is 32.2. The fraction of sp³-hybridized carbons (Fsp3) is 0.818. The van der Waals surface area contributed by atoms with Gasteiger partial charge < -0.3 is 15.3 Å². The van der Waals surface area contributed by atoms with E-state index in [2.05, 4.69) is 5.32 Å². The first-order chi connectivity index (χ1) is 8.04. The van der Waals surface area contributed by atoms with Crippen LogP contribution in [0.5, 0.6) is 0 Å². The summed E-state index contributed by atoms with van der Waals surface area (Å²) in [6.07, 6.45) is 3.72. The molecule has 0 saturated carbocycles. The molecule has 1 saturated heterocycles. The van der Waals surface area contributed by atoms with Gasteiger partial charge in [-0.05, 0) is 26.0 Å². The number of nitrogens with one attached hydrogen (secondary N) is 1. The molecule has 2 amide bonds. The molecule has 1 heterocycles. The second kappa shape index (κ2) is 6.74. The van der Waals surface area contributed by atoms with Crippen LogP contribution in [0.3, 0.4) is 0 Å². The smallest absolute Gasteiger partial charge is 0.317 e. The van der Waals surface area contributed by atoms with Gasteiger partial charge in [-0.1, -0.05) is 0 Å². The average molecular weight is 260 g/mol. The molecule has 0 spiro atoms. The molecule has 0 aromatic rings. The maximum absolute atomic E-state index is 11.9. The predicted octanol–water partition coefficient (Wildman–Crippen LogP) is 1.39. The summed E-state index contributed by atoms with van der Waals surface area (Å²) in [7, 11) is 0. The van der Waals surface area contributed by atoms with Crippen molar-refractivity contribution in [1.29, 1.82) is 0 Å². The second-order valence-corrected chi connectivity index (χ2v) is 5.30. The van der Waals surface area contributed by atoms with Crippen molar-refractivity contribution in [3.63, 3.8) is 0 Å². The maximum Gasteiger partial charge on any atom is 0.317 e. The molecule has 17 heavy (non-hydrogen) atoms. The number of amides is 2. The highest BCUT2D eigenvalue weighted by Crippen LogP contribution is 2.20. The second-order valence-electron chi connectivity index (χ2n) is 4.39. The van der Waals surface area contributed by atoms with Crippen molar-refractivity contribution >= 4 is 23.8 Å². The standard InChI is InChI=1S/C11H20N2O3S/c1-8(7-17-2)12-11(16)13-5-3-4-9(13)6-10(14)15/h8-9H,3-7H2,1-2H3,(H,12,16)(H,14,15). The minimum absolute atomic E-state index is 0.0460. The predicted molar refractivity (Wildman–Crippen MR) is 68.4 cm³/mol. The summed E-state index contributed by atoms with van der Waals surface area (Å²) >= 11 is 1.68. The van der Waals surface area contributed by atoms with Crippen LogP contribution in [0.2, 0.25) is 0 Å². The first-order valence-corrected chi connectivity index (χ1v) is 7.21. The molecule has 0 aromatic heterocycles. The molecule has 98 valence electrons. The molecular weight excluding hydrogens is 240 g/mol. The Morgan fingerprint density at radius 3 is 2.88 bits per heavy atom. The molecule has 0 aromatic carbocycles. The molecule has 2 N–H and O–H groups in total. The van der Waals surface area contributed by atoms with Gasteiger partial charge in [0.25, 0.3) is 0 Å². The number of rotatable bonds is 5. The number of aliphatic carboxylic acids is 1. The average Bonchev–Trinajstić information content (AvgIpc) is 2.65. The number of carboxylic acids is 1. The molecule has 1 aliphatic heterocycles. The zero-order valence-electron chi connectivity index (χ0n) is 10.3. The van der Waals surface area contributed by atoms with Crippen LogP contribution < -0.4 is 5.32 Å². The first-order valence-electron chi connectivity index (χ1n) is 5.82. The molecule has 0 radical (unpaired) electrons. The van der Waals surface area contributed by atoms with Crippen LogP contribution in [0.4, 0.5) is 4.79 Å². The number of carboxylic acid groups (broad SMARTS) is 1. The van der Waals surface area contributed by atoms with Crippen LogP contribution in [-0.2, 0) is 4.79 Å². The number of carbonyl (C=O) groups is 2. The summed E-state index contributed by atoms with van der Waals surface area (Å²) in [6, 6.07) is -0.159. The largest absolute Gasteiger partial charge is 0.481 e. The van der Waals surface area contributed by atoms with E-state index in [0.29, 0.717) is 6.54 Å². The summed E-state index contributed by atoms with van der Waals surface area (Å²) in [5.41, 5.74) is 0. The summed E-state index contributed by atoms with van der Waals surface area (Å²) in [6.45, 7) is 2.62. The number of likely N-dealkylation sites (tertiary alicyclic amines) is 1. The Balaban J connectivity index is 2.46. The number of urea groups is 1. The van der Waals surface area contributed by atoms with Crippen LogP contribution in [0.15, 0.2) is 0 Å². The van der Waals surface area contributed by atoms with E-state index in [0.717, 1.165) is 18.6 Å². The van der Waals surface area contributed by atoms with Crippen molar-refractivity contribution in [2.24, 2.45) is 0 Å². The monoisotopic (exact) mass is 260 g/mol. The highest BCUT2D eigenvalue weighted by Gasteiger charge is 2.30. The number of carbonyl (C=O) groups excluding carboxylic acids is 1. The zero-order chi connectivity index (χ0) is 12.8. The quantitative estimate of drug-likeness (QED) is 0.783. The molecule has 2 atom stereocenters. The Labute approximate surface area is 106 Å². The van der Waals surface area contributed by atoms with Gasteiger partial charge in [-0.25, -0.2) is 4.79 Å². The lowest BCUT2D eigenvalue weighted by Gasteiger charge is -2.25. The Morgan fingerprint density at radius 1 is 1.59 bits per heavy atom. The van der Waals surface area contributed by atoms with Gasteiger partial charge in [0.2, 0.25) is 0 Å². The molecule has 5 nitrogen and oxygen atoms in total. The number of hydrogen-bond donors (Lipinski definition) is 2. The van der Waals surface area contributed by atoms with Gasteiger partial charge in [-0.2, -0.15) is 11.8 Å². The van der Waals surface area contributed by atoms with E-state index in [9.17, 15) is 9.59 Å². The van der Waals surface area contributed by atoms with Gasteiger partial charge in [-0.3, -0.25) is 4.79 Å². The number of hydrogen-bond acceptors (Lipinski definition) is 3. The van der Waals surface area contributed by atoms with E-state index in [1.165, 1.54) is 0 Å². The first kappa shape index (κ1) is 14.2. The fourth-order valence-corrected chi connectivity index (χ4v) is 2.69. The molecule has 1 rings (SSSR count). The van der Waals surface area contributed by atoms with Gasteiger partial charge in [-0.15, -0.1) is 0 Å². The van der Waals surface area contributed by atoms with E-state index >= 15 is 0 Å². The van der Waals surface area contributed by atoms with E-state index in [1.54, 1.807) is 16.7 Å². The number of thioether (sulfide) groups is 1. The summed E-state index contributed by atoms with van der Waals surface area (Å²) in [4.78, 5) is 24.3. The zero-order valence-corrected chi connectivity index (χ0v) is 11.1. The van der Waals surface area contributed by atoms with Gasteiger partial charge in [0, 0.05) is 24.4 Å². The van der Waals surface area contributed by atoms with Crippen LogP contribution in [-0.4, -0.2) is 52.6 Å². The molecule has 2 unspecified atom stereocenters. The minimum Gasteiger partial charge on any atom is -0.481 e. The third-order valence-corrected chi connectivity index (χ3v) is 3.67. The molecule has 6 heteroatoms.